The van der Waals surface area contributed by atoms with Crippen LogP contribution in [0.1, 0.15) is 11.7 Å². The second kappa shape index (κ2) is 12.2. The maximum atomic E-state index is 8.36. The van der Waals surface area contributed by atoms with Crippen LogP contribution in [0.4, 0.5) is 0 Å². The zero-order valence-corrected chi connectivity index (χ0v) is 19.0. The molecule has 160 valence electrons. The number of nitrogens with zero attached hydrogens (tertiary/aromatic N) is 3. The zero-order valence-electron chi connectivity index (χ0n) is 15.1. The van der Waals surface area contributed by atoms with E-state index in [1.807, 2.05) is 29.0 Å². The Kier molecular flexibility index (Phi) is 10.0. The first-order valence-electron chi connectivity index (χ1n) is 8.19. The van der Waals surface area contributed by atoms with Crippen molar-refractivity contribution in [3.05, 3.63) is 90.9 Å². The molecule has 0 spiro atoms. The highest BCUT2D eigenvalue weighted by molar-refractivity contribution is 7.99. The predicted octanol–water partition coefficient (Wildman–Crippen LogP) is 6.66. The van der Waals surface area contributed by atoms with Gasteiger partial charge in [-0.2, -0.15) is 0 Å². The summed E-state index contributed by atoms with van der Waals surface area (Å²) in [6, 6.07) is 10.9. The van der Waals surface area contributed by atoms with E-state index in [0.717, 1.165) is 10.5 Å². The summed E-state index contributed by atoms with van der Waals surface area (Å²) < 4.78 is 8.05. The van der Waals surface area contributed by atoms with Crippen molar-refractivity contribution in [3.63, 3.8) is 0 Å². The molecule has 1 N–H and O–H groups in total. The fourth-order valence-electron chi connectivity index (χ4n) is 2.34. The van der Waals surface area contributed by atoms with Gasteiger partial charge in [-0.05, 0) is 30.3 Å². The van der Waals surface area contributed by atoms with Gasteiger partial charge in [0.05, 0.1) is 28.9 Å². The van der Waals surface area contributed by atoms with Gasteiger partial charge < -0.3 is 14.5 Å². The molecule has 7 nitrogen and oxygen atoms in total. The van der Waals surface area contributed by atoms with Gasteiger partial charge in [0.25, 0.3) is 5.09 Å². The van der Waals surface area contributed by atoms with Crippen LogP contribution in [0, 0.1) is 10.1 Å². The number of halogens is 4. The maximum absolute atomic E-state index is 8.36. The molecule has 0 fully saturated rings. The summed E-state index contributed by atoms with van der Waals surface area (Å²) in [7, 11) is 0. The minimum absolute atomic E-state index is 0.246. The van der Waals surface area contributed by atoms with E-state index in [4.69, 9.17) is 66.5 Å². The highest BCUT2D eigenvalue weighted by atomic mass is 35.5. The van der Waals surface area contributed by atoms with E-state index in [1.54, 1.807) is 30.7 Å². The topological polar surface area (TPSA) is 90.4 Å². The summed E-state index contributed by atoms with van der Waals surface area (Å²) in [5.74, 6) is 0.427. The van der Waals surface area contributed by atoms with Gasteiger partial charge in [0, 0.05) is 32.9 Å². The van der Waals surface area contributed by atoms with Crippen molar-refractivity contribution in [1.82, 2.24) is 9.55 Å². The Balaban J connectivity index is 0.000000735. The molecule has 0 bridgehead atoms. The lowest BCUT2D eigenvalue weighted by atomic mass is 10.1. The Hall–Kier alpha value is -1.68. The van der Waals surface area contributed by atoms with Crippen LogP contribution in [-0.4, -0.2) is 25.8 Å². The number of thioether (sulfide) groups is 1. The van der Waals surface area contributed by atoms with E-state index >= 15 is 0 Å². The van der Waals surface area contributed by atoms with Gasteiger partial charge in [-0.25, -0.2) is 4.98 Å². The largest absolute Gasteiger partial charge is 0.361 e. The second-order valence-corrected chi connectivity index (χ2v) is 8.31. The minimum atomic E-state index is -1.50. The molecular weight excluding hydrogens is 496 g/mol. The van der Waals surface area contributed by atoms with E-state index < -0.39 is 5.09 Å². The number of ether oxygens (including phenoxy) is 1. The number of hydrogen-bond donors (Lipinski definition) is 1. The molecule has 0 amide bonds. The van der Waals surface area contributed by atoms with E-state index in [0.29, 0.717) is 32.6 Å². The highest BCUT2D eigenvalue weighted by Gasteiger charge is 2.17. The fourth-order valence-corrected chi connectivity index (χ4v) is 3.97. The van der Waals surface area contributed by atoms with Crippen molar-refractivity contribution >= 4 is 58.2 Å². The standard InChI is InChI=1S/C18H14Cl4N2OS.HNO3/c19-12-1-3-14(16(21)7-12)18(9-24-6-5-23-10-24)25-11-26-13-2-4-15(20)17(22)8-13;2-1(3)4/h1-8,10,18H,9,11H2;(H,2,3,4). The maximum Gasteiger partial charge on any atom is 0.291 e. The number of imidazole rings is 1. The van der Waals surface area contributed by atoms with E-state index in [1.165, 1.54) is 11.8 Å². The fraction of sp³-hybridized carbons (Fsp3) is 0.167. The predicted molar refractivity (Wildman–Crippen MR) is 118 cm³/mol. The average molecular weight is 511 g/mol. The lowest BCUT2D eigenvalue weighted by Crippen LogP contribution is -2.12. The number of aromatic nitrogens is 2. The quantitative estimate of drug-likeness (QED) is 0.165. The first-order valence-corrected chi connectivity index (χ1v) is 10.7. The molecule has 3 rings (SSSR count). The normalized spacial score (nSPS) is 11.5. The van der Waals surface area contributed by atoms with Gasteiger partial charge in [0.2, 0.25) is 0 Å². The van der Waals surface area contributed by atoms with E-state index in [-0.39, 0.29) is 6.10 Å². The van der Waals surface area contributed by atoms with Crippen LogP contribution >= 0.6 is 58.2 Å². The Morgan fingerprint density at radius 2 is 1.87 bits per heavy atom. The van der Waals surface area contributed by atoms with Crippen molar-refractivity contribution in [2.45, 2.75) is 17.5 Å². The van der Waals surface area contributed by atoms with Crippen LogP contribution in [0.25, 0.3) is 0 Å². The summed E-state index contributed by atoms with van der Waals surface area (Å²) in [6.07, 6.45) is 5.10. The SMILES string of the molecule is Clc1ccc(C(Cn2ccnc2)OCSc2ccc(Cl)c(Cl)c2)c(Cl)c1.O=[N+]([O-])O. The number of hydrogen-bond acceptors (Lipinski definition) is 5. The van der Waals surface area contributed by atoms with Gasteiger partial charge in [-0.3, -0.25) is 0 Å². The van der Waals surface area contributed by atoms with Crippen LogP contribution < -0.4 is 0 Å². The van der Waals surface area contributed by atoms with Crippen molar-refractivity contribution in [1.29, 1.82) is 0 Å². The smallest absolute Gasteiger partial charge is 0.291 e. The summed E-state index contributed by atoms with van der Waals surface area (Å²) in [5, 5.41) is 15.8. The van der Waals surface area contributed by atoms with Crippen molar-refractivity contribution in [2.24, 2.45) is 0 Å². The van der Waals surface area contributed by atoms with E-state index in [9.17, 15) is 0 Å². The van der Waals surface area contributed by atoms with Crippen LogP contribution in [0.15, 0.2) is 60.0 Å². The Morgan fingerprint density at radius 1 is 1.13 bits per heavy atom. The highest BCUT2D eigenvalue weighted by Crippen LogP contribution is 2.32. The molecule has 0 saturated carbocycles. The molecule has 1 atom stereocenters. The van der Waals surface area contributed by atoms with Gasteiger partial charge in [-0.15, -0.1) is 10.1 Å². The Bertz CT molecular complexity index is 972. The Labute approximate surface area is 196 Å². The molecule has 0 aliphatic carbocycles. The van der Waals surface area contributed by atoms with Crippen LogP contribution in [-0.2, 0) is 11.3 Å². The first kappa shape index (κ1) is 24.6. The van der Waals surface area contributed by atoms with Crippen molar-refractivity contribution in [2.75, 3.05) is 5.94 Å². The Morgan fingerprint density at radius 3 is 2.47 bits per heavy atom. The summed E-state index contributed by atoms with van der Waals surface area (Å²) in [4.78, 5) is 13.4. The van der Waals surface area contributed by atoms with Crippen molar-refractivity contribution < 1.29 is 15.0 Å². The molecule has 1 aromatic heterocycles. The zero-order chi connectivity index (χ0) is 22.1. The monoisotopic (exact) mass is 509 g/mol. The van der Waals surface area contributed by atoms with Crippen LogP contribution in [0.2, 0.25) is 20.1 Å². The van der Waals surface area contributed by atoms with E-state index in [2.05, 4.69) is 4.98 Å². The molecule has 30 heavy (non-hydrogen) atoms. The molecule has 0 aliphatic heterocycles. The number of rotatable bonds is 7. The van der Waals surface area contributed by atoms with Crippen LogP contribution in [0.3, 0.4) is 0 Å². The van der Waals surface area contributed by atoms with Gasteiger partial charge in [0.1, 0.15) is 6.10 Å². The third-order valence-electron chi connectivity index (χ3n) is 3.63. The van der Waals surface area contributed by atoms with Gasteiger partial charge in [-0.1, -0.05) is 64.2 Å². The lowest BCUT2D eigenvalue weighted by Gasteiger charge is -2.20. The third kappa shape index (κ3) is 8.22. The van der Waals surface area contributed by atoms with Crippen LogP contribution in [0.5, 0.6) is 0 Å². The van der Waals surface area contributed by atoms with Gasteiger partial charge in [0.15, 0.2) is 0 Å². The summed E-state index contributed by atoms with van der Waals surface area (Å²) in [5.41, 5.74) is 0.875. The molecule has 0 aliphatic rings. The van der Waals surface area contributed by atoms with Gasteiger partial charge >= 0.3 is 0 Å². The molecule has 1 unspecified atom stereocenters. The minimum Gasteiger partial charge on any atom is -0.361 e. The summed E-state index contributed by atoms with van der Waals surface area (Å²) in [6.45, 7) is 0.587. The number of benzene rings is 2. The third-order valence-corrected chi connectivity index (χ3v) is 5.77. The molecule has 0 radical (unpaired) electrons. The molecule has 2 aromatic carbocycles. The average Bonchev–Trinajstić information content (AvgIpc) is 3.17. The lowest BCUT2D eigenvalue weighted by molar-refractivity contribution is -0.742. The molecule has 12 heteroatoms. The second-order valence-electron chi connectivity index (χ2n) is 5.66. The van der Waals surface area contributed by atoms with Crippen molar-refractivity contribution in [3.8, 4) is 0 Å². The molecule has 1 heterocycles. The molecule has 0 saturated heterocycles. The summed E-state index contributed by atoms with van der Waals surface area (Å²) >= 11 is 25.9. The molecular formula is C18H15Cl4N3O4S. The molecule has 3 aromatic rings. The first-order chi connectivity index (χ1) is 14.3.